The highest BCUT2D eigenvalue weighted by Crippen LogP contribution is 2.48. The molecule has 0 aliphatic carbocycles. The van der Waals surface area contributed by atoms with Crippen molar-refractivity contribution in [1.29, 1.82) is 0 Å². The number of aromatic hydroxyl groups is 1. The predicted molar refractivity (Wildman–Crippen MR) is 118 cm³/mol. The van der Waals surface area contributed by atoms with Gasteiger partial charge in [0.1, 0.15) is 17.3 Å². The Balaban J connectivity index is 2.16. The Morgan fingerprint density at radius 3 is 2.67 bits per heavy atom. The van der Waals surface area contributed by atoms with E-state index in [2.05, 4.69) is 5.10 Å². The van der Waals surface area contributed by atoms with Gasteiger partial charge in [-0.05, 0) is 44.5 Å². The lowest BCUT2D eigenvalue weighted by Crippen LogP contribution is -2.22. The van der Waals surface area contributed by atoms with Gasteiger partial charge in [-0.2, -0.15) is 5.10 Å². The van der Waals surface area contributed by atoms with E-state index in [1.54, 1.807) is 20.0 Å². The Morgan fingerprint density at radius 1 is 1.17 bits per heavy atom. The van der Waals surface area contributed by atoms with Crippen molar-refractivity contribution in [3.05, 3.63) is 63.8 Å². The van der Waals surface area contributed by atoms with Gasteiger partial charge < -0.3 is 9.84 Å². The third kappa shape index (κ3) is 3.25. The van der Waals surface area contributed by atoms with Gasteiger partial charge in [-0.3, -0.25) is 4.79 Å². The predicted octanol–water partition coefficient (Wildman–Crippen LogP) is 5.19. The van der Waals surface area contributed by atoms with Crippen LogP contribution < -0.4 is 10.3 Å². The molecule has 154 valence electrons. The van der Waals surface area contributed by atoms with Crippen molar-refractivity contribution in [2.75, 3.05) is 6.61 Å². The summed E-state index contributed by atoms with van der Waals surface area (Å²) in [5, 5.41) is 15.7. The topological polar surface area (TPSA) is 64.3 Å². The van der Waals surface area contributed by atoms with Crippen molar-refractivity contribution < 1.29 is 14.2 Å². The van der Waals surface area contributed by atoms with Crippen molar-refractivity contribution in [2.24, 2.45) is 7.05 Å². The molecule has 7 heteroatoms. The molecule has 0 radical (unpaired) electrons. The molecule has 2 aromatic heterocycles. The van der Waals surface area contributed by atoms with Crippen LogP contribution in [0.1, 0.15) is 18.2 Å². The van der Waals surface area contributed by atoms with E-state index in [0.29, 0.717) is 29.2 Å². The van der Waals surface area contributed by atoms with Crippen LogP contribution in [0, 0.1) is 19.7 Å². The van der Waals surface area contributed by atoms with Crippen LogP contribution in [0.25, 0.3) is 31.7 Å². The Morgan fingerprint density at radius 2 is 1.93 bits per heavy atom. The molecule has 4 aromatic rings. The van der Waals surface area contributed by atoms with Gasteiger partial charge in [0.05, 0.1) is 12.2 Å². The number of fused-ring (bicyclic) bond motifs is 1. The van der Waals surface area contributed by atoms with Crippen LogP contribution in [0.15, 0.2) is 41.2 Å². The third-order valence-electron chi connectivity index (χ3n) is 4.97. The fourth-order valence-corrected chi connectivity index (χ4v) is 4.92. The monoisotopic (exact) mass is 424 g/mol. The number of benzene rings is 2. The van der Waals surface area contributed by atoms with Gasteiger partial charge in [0, 0.05) is 39.2 Å². The number of aromatic nitrogens is 2. The molecule has 0 unspecified atom stereocenters. The maximum absolute atomic E-state index is 13.9. The fraction of sp³-hybridized carbons (Fsp3) is 0.217. The molecular formula is C23H21FN2O3S. The maximum Gasteiger partial charge on any atom is 0.278 e. The second-order valence-corrected chi connectivity index (χ2v) is 8.17. The molecule has 0 spiro atoms. The number of hydrogen-bond acceptors (Lipinski definition) is 5. The van der Waals surface area contributed by atoms with Crippen LogP contribution in [-0.2, 0) is 7.05 Å². The van der Waals surface area contributed by atoms with Crippen molar-refractivity contribution in [3.63, 3.8) is 0 Å². The molecule has 0 aliphatic heterocycles. The molecule has 30 heavy (non-hydrogen) atoms. The molecule has 0 aliphatic rings. The fourth-order valence-electron chi connectivity index (χ4n) is 3.59. The summed E-state index contributed by atoms with van der Waals surface area (Å²) in [4.78, 5) is 13.8. The van der Waals surface area contributed by atoms with Crippen molar-refractivity contribution in [1.82, 2.24) is 9.78 Å². The summed E-state index contributed by atoms with van der Waals surface area (Å²) >= 11 is 1.48. The van der Waals surface area contributed by atoms with Gasteiger partial charge in [-0.15, -0.1) is 11.3 Å². The normalized spacial score (nSPS) is 11.2. The molecule has 0 saturated heterocycles. The van der Waals surface area contributed by atoms with Crippen LogP contribution in [-0.4, -0.2) is 21.5 Å². The highest BCUT2D eigenvalue weighted by molar-refractivity contribution is 7.23. The number of hydrogen-bond donors (Lipinski definition) is 1. The quantitative estimate of drug-likeness (QED) is 0.490. The van der Waals surface area contributed by atoms with Gasteiger partial charge in [-0.1, -0.05) is 12.1 Å². The lowest BCUT2D eigenvalue weighted by atomic mass is 9.97. The minimum atomic E-state index is -0.403. The summed E-state index contributed by atoms with van der Waals surface area (Å²) < 4.78 is 21.8. The van der Waals surface area contributed by atoms with E-state index in [-0.39, 0.29) is 11.3 Å². The minimum absolute atomic E-state index is 0.153. The molecule has 1 N–H and O–H groups in total. The largest absolute Gasteiger partial charge is 0.505 e. The average Bonchev–Trinajstić information content (AvgIpc) is 3.05. The van der Waals surface area contributed by atoms with Crippen molar-refractivity contribution in [2.45, 2.75) is 20.8 Å². The molecule has 0 atom stereocenters. The van der Waals surface area contributed by atoms with Gasteiger partial charge >= 0.3 is 0 Å². The van der Waals surface area contributed by atoms with E-state index in [0.717, 1.165) is 20.5 Å². The van der Waals surface area contributed by atoms with Gasteiger partial charge in [0.15, 0.2) is 5.75 Å². The number of aryl methyl sites for hydroxylation is 3. The molecular weight excluding hydrogens is 403 g/mol. The number of nitrogens with zero attached hydrogens (tertiary/aromatic N) is 2. The summed E-state index contributed by atoms with van der Waals surface area (Å²) in [6, 6.07) is 10.3. The highest BCUT2D eigenvalue weighted by atomic mass is 32.1. The standard InChI is InChI=1S/C23H21FN2O3S/c1-5-29-17-11-14(24)7-9-15(17)22-19(16-8-6-12(2)10-18(16)30-22)20-21(27)13(3)25-26(4)23(20)28/h6-11,27H,5H2,1-4H3. The molecule has 0 fully saturated rings. The molecule has 0 bridgehead atoms. The molecule has 2 aromatic carbocycles. The molecule has 2 heterocycles. The molecule has 5 nitrogen and oxygen atoms in total. The van der Waals surface area contributed by atoms with Gasteiger partial charge in [-0.25, -0.2) is 9.07 Å². The number of ether oxygens (including phenoxy) is 1. The van der Waals surface area contributed by atoms with E-state index in [4.69, 9.17) is 4.74 Å². The zero-order chi connectivity index (χ0) is 21.6. The summed E-state index contributed by atoms with van der Waals surface area (Å²) in [5.41, 5.74) is 2.48. The summed E-state index contributed by atoms with van der Waals surface area (Å²) in [6.45, 7) is 5.85. The maximum atomic E-state index is 13.9. The summed E-state index contributed by atoms with van der Waals surface area (Å²) in [7, 11) is 1.56. The first kappa shape index (κ1) is 20.1. The average molecular weight is 424 g/mol. The van der Waals surface area contributed by atoms with Gasteiger partial charge in [0.2, 0.25) is 0 Å². The van der Waals surface area contributed by atoms with E-state index in [1.165, 1.54) is 28.2 Å². The van der Waals surface area contributed by atoms with Crippen LogP contribution in [0.4, 0.5) is 4.39 Å². The molecule has 0 saturated carbocycles. The first-order chi connectivity index (χ1) is 14.3. The third-order valence-corrected chi connectivity index (χ3v) is 6.16. The van der Waals surface area contributed by atoms with Gasteiger partial charge in [0.25, 0.3) is 5.56 Å². The molecule has 0 amide bonds. The van der Waals surface area contributed by atoms with E-state index < -0.39 is 11.4 Å². The number of halogens is 1. The summed E-state index contributed by atoms with van der Waals surface area (Å²) in [6.07, 6.45) is 0. The number of thiophene rings is 1. The van der Waals surface area contributed by atoms with Crippen molar-refractivity contribution >= 4 is 21.4 Å². The zero-order valence-electron chi connectivity index (χ0n) is 17.1. The van der Waals surface area contributed by atoms with Crippen LogP contribution >= 0.6 is 11.3 Å². The second kappa shape index (κ2) is 7.57. The zero-order valence-corrected chi connectivity index (χ0v) is 17.9. The smallest absolute Gasteiger partial charge is 0.278 e. The Bertz CT molecular complexity index is 1340. The highest BCUT2D eigenvalue weighted by Gasteiger charge is 2.25. The van der Waals surface area contributed by atoms with E-state index in [1.807, 2.05) is 32.0 Å². The lowest BCUT2D eigenvalue weighted by Gasteiger charge is -2.13. The van der Waals surface area contributed by atoms with E-state index >= 15 is 0 Å². The number of rotatable bonds is 4. The lowest BCUT2D eigenvalue weighted by molar-refractivity contribution is 0.340. The minimum Gasteiger partial charge on any atom is -0.505 e. The Labute approximate surface area is 177 Å². The van der Waals surface area contributed by atoms with Crippen LogP contribution in [0.5, 0.6) is 11.5 Å². The van der Waals surface area contributed by atoms with Crippen LogP contribution in [0.2, 0.25) is 0 Å². The summed E-state index contributed by atoms with van der Waals surface area (Å²) in [5.74, 6) is -0.164. The van der Waals surface area contributed by atoms with E-state index in [9.17, 15) is 14.3 Å². The Hall–Kier alpha value is -3.19. The first-order valence-electron chi connectivity index (χ1n) is 9.55. The molecule has 4 rings (SSSR count). The second-order valence-electron chi connectivity index (χ2n) is 7.12. The first-order valence-corrected chi connectivity index (χ1v) is 10.4. The Kier molecular flexibility index (Phi) is 5.07. The van der Waals surface area contributed by atoms with Crippen molar-refractivity contribution in [3.8, 4) is 33.1 Å². The van der Waals surface area contributed by atoms with Crippen LogP contribution in [0.3, 0.4) is 0 Å². The SMILES string of the molecule is CCOc1cc(F)ccc1-c1sc2cc(C)ccc2c1-c1c(O)c(C)nn(C)c1=O.